The van der Waals surface area contributed by atoms with Crippen LogP contribution in [0.2, 0.25) is 0 Å². The second kappa shape index (κ2) is 13.1. The maximum absolute atomic E-state index is 11.8. The van der Waals surface area contributed by atoms with Crippen molar-refractivity contribution in [1.82, 2.24) is 10.6 Å². The lowest BCUT2D eigenvalue weighted by Crippen LogP contribution is -2.38. The van der Waals surface area contributed by atoms with E-state index in [4.69, 9.17) is 0 Å². The van der Waals surface area contributed by atoms with Crippen molar-refractivity contribution in [2.45, 2.75) is 32.4 Å². The van der Waals surface area contributed by atoms with Gasteiger partial charge in [0.15, 0.2) is 5.96 Å². The molecule has 0 saturated carbocycles. The summed E-state index contributed by atoms with van der Waals surface area (Å²) in [7, 11) is 0. The molecule has 0 aliphatic rings. The lowest BCUT2D eigenvalue weighted by molar-refractivity contribution is -0.173. The molecular weight excluding hydrogens is 303 g/mol. The summed E-state index contributed by atoms with van der Waals surface area (Å²) in [4.78, 5) is 4.29. The third-order valence-corrected chi connectivity index (χ3v) is 3.09. The molecule has 2 N–H and O–H groups in total. The molecule has 0 spiro atoms. The predicted molar refractivity (Wildman–Crippen MR) is 83.1 cm³/mol. The van der Waals surface area contributed by atoms with Crippen LogP contribution in [-0.2, 0) is 4.74 Å². The van der Waals surface area contributed by atoms with E-state index >= 15 is 0 Å². The molecule has 8 heteroatoms. The lowest BCUT2D eigenvalue weighted by Gasteiger charge is -2.11. The molecule has 0 unspecified atom stereocenters. The van der Waals surface area contributed by atoms with E-state index < -0.39 is 12.8 Å². The number of rotatable bonds is 11. The zero-order valence-corrected chi connectivity index (χ0v) is 13.6. The third kappa shape index (κ3) is 15.6. The fourth-order valence-electron chi connectivity index (χ4n) is 1.47. The van der Waals surface area contributed by atoms with E-state index in [1.807, 2.05) is 18.7 Å². The predicted octanol–water partition coefficient (Wildman–Crippen LogP) is 2.65. The van der Waals surface area contributed by atoms with Crippen molar-refractivity contribution < 1.29 is 17.9 Å². The van der Waals surface area contributed by atoms with Gasteiger partial charge in [0.2, 0.25) is 0 Å². The van der Waals surface area contributed by atoms with Gasteiger partial charge >= 0.3 is 6.18 Å². The number of nitrogens with zero attached hydrogens (tertiary/aromatic N) is 1. The van der Waals surface area contributed by atoms with Gasteiger partial charge in [0.05, 0.1) is 0 Å². The Hall–Kier alpha value is -0.630. The minimum atomic E-state index is -4.25. The number of guanidine groups is 1. The molecule has 4 nitrogen and oxygen atoms in total. The second-order valence-electron chi connectivity index (χ2n) is 4.41. The van der Waals surface area contributed by atoms with Crippen LogP contribution in [0.25, 0.3) is 0 Å². The Morgan fingerprint density at radius 3 is 2.57 bits per heavy atom. The quantitative estimate of drug-likeness (QED) is 0.347. The zero-order chi connectivity index (χ0) is 16.0. The van der Waals surface area contributed by atoms with Crippen LogP contribution in [0.5, 0.6) is 0 Å². The number of thioether (sulfide) groups is 1. The molecule has 0 radical (unpaired) electrons. The van der Waals surface area contributed by atoms with Crippen LogP contribution in [0.3, 0.4) is 0 Å². The number of hydrogen-bond donors (Lipinski definition) is 2. The monoisotopic (exact) mass is 329 g/mol. The van der Waals surface area contributed by atoms with E-state index in [0.29, 0.717) is 18.9 Å². The molecule has 0 aliphatic heterocycles. The van der Waals surface area contributed by atoms with Gasteiger partial charge < -0.3 is 15.4 Å². The van der Waals surface area contributed by atoms with Gasteiger partial charge in [0, 0.05) is 26.2 Å². The van der Waals surface area contributed by atoms with Crippen LogP contribution >= 0.6 is 11.8 Å². The molecule has 0 atom stereocenters. The largest absolute Gasteiger partial charge is 0.411 e. The molecule has 0 bridgehead atoms. The molecule has 0 saturated heterocycles. The molecule has 0 amide bonds. The van der Waals surface area contributed by atoms with Crippen molar-refractivity contribution in [2.75, 3.05) is 44.9 Å². The minimum Gasteiger partial charge on any atom is -0.372 e. The van der Waals surface area contributed by atoms with Gasteiger partial charge in [-0.3, -0.25) is 4.99 Å². The van der Waals surface area contributed by atoms with Crippen LogP contribution < -0.4 is 10.6 Å². The first-order valence-electron chi connectivity index (χ1n) is 7.15. The number of hydrogen-bond acceptors (Lipinski definition) is 3. The first-order valence-corrected chi connectivity index (χ1v) is 8.54. The van der Waals surface area contributed by atoms with E-state index in [0.717, 1.165) is 31.7 Å². The van der Waals surface area contributed by atoms with Crippen molar-refractivity contribution in [3.05, 3.63) is 0 Å². The second-order valence-corrected chi connectivity index (χ2v) is 5.39. The maximum Gasteiger partial charge on any atom is 0.411 e. The molecule has 0 aromatic carbocycles. The highest BCUT2D eigenvalue weighted by atomic mass is 32.2. The standard InChI is InChI=1S/C13H26F3N3OS/c1-3-17-12(18-7-4-5-10-21-2)19-8-6-9-20-11-13(14,15)16/h3-11H2,1-2H3,(H2,17,18,19). The van der Waals surface area contributed by atoms with Crippen LogP contribution in [0.1, 0.15) is 26.2 Å². The Balaban J connectivity index is 3.73. The molecule has 0 aromatic heterocycles. The maximum atomic E-state index is 11.8. The summed E-state index contributed by atoms with van der Waals surface area (Å²) in [6.07, 6.45) is 0.522. The average Bonchev–Trinajstić information content (AvgIpc) is 2.41. The SMILES string of the molecule is CCNC(=NCCCOCC(F)(F)F)NCCCCSC. The topological polar surface area (TPSA) is 45.7 Å². The van der Waals surface area contributed by atoms with Crippen molar-refractivity contribution >= 4 is 17.7 Å². The number of nitrogens with one attached hydrogen (secondary N) is 2. The molecule has 126 valence electrons. The number of ether oxygens (including phenoxy) is 1. The Labute approximate surface area is 129 Å². The van der Waals surface area contributed by atoms with E-state index in [9.17, 15) is 13.2 Å². The molecule has 0 aromatic rings. The Morgan fingerprint density at radius 1 is 1.19 bits per heavy atom. The highest BCUT2D eigenvalue weighted by molar-refractivity contribution is 7.98. The summed E-state index contributed by atoms with van der Waals surface area (Å²) < 4.78 is 40.1. The smallest absolute Gasteiger partial charge is 0.372 e. The lowest BCUT2D eigenvalue weighted by atomic mass is 10.3. The summed E-state index contributed by atoms with van der Waals surface area (Å²) >= 11 is 1.83. The third-order valence-electron chi connectivity index (χ3n) is 2.39. The molecule has 0 heterocycles. The van der Waals surface area contributed by atoms with Gasteiger partial charge in [-0.2, -0.15) is 24.9 Å². The fourth-order valence-corrected chi connectivity index (χ4v) is 1.96. The molecule has 0 fully saturated rings. The first kappa shape index (κ1) is 20.4. The summed E-state index contributed by atoms with van der Waals surface area (Å²) in [6, 6.07) is 0. The average molecular weight is 329 g/mol. The van der Waals surface area contributed by atoms with Crippen molar-refractivity contribution in [1.29, 1.82) is 0 Å². The molecule has 0 rings (SSSR count). The van der Waals surface area contributed by atoms with E-state index in [1.165, 1.54) is 0 Å². The Kier molecular flexibility index (Phi) is 12.7. The first-order chi connectivity index (χ1) is 9.99. The van der Waals surface area contributed by atoms with Crippen molar-refractivity contribution in [3.63, 3.8) is 0 Å². The highest BCUT2D eigenvalue weighted by Gasteiger charge is 2.27. The van der Waals surface area contributed by atoms with Crippen LogP contribution in [-0.4, -0.2) is 57.0 Å². The van der Waals surface area contributed by atoms with Crippen molar-refractivity contribution in [2.24, 2.45) is 4.99 Å². The fraction of sp³-hybridized carbons (Fsp3) is 0.923. The van der Waals surface area contributed by atoms with E-state index in [-0.39, 0.29) is 6.61 Å². The van der Waals surface area contributed by atoms with Crippen LogP contribution in [0.4, 0.5) is 13.2 Å². The number of aliphatic imine (C=N–C) groups is 1. The summed E-state index contributed by atoms with van der Waals surface area (Å²) in [5.74, 6) is 1.85. The van der Waals surface area contributed by atoms with Crippen molar-refractivity contribution in [3.8, 4) is 0 Å². The van der Waals surface area contributed by atoms with Crippen LogP contribution in [0.15, 0.2) is 4.99 Å². The van der Waals surface area contributed by atoms with Crippen LogP contribution in [0, 0.1) is 0 Å². The van der Waals surface area contributed by atoms with Gasteiger partial charge in [-0.25, -0.2) is 0 Å². The van der Waals surface area contributed by atoms with E-state index in [2.05, 4.69) is 26.6 Å². The number of alkyl halides is 3. The van der Waals surface area contributed by atoms with Gasteiger partial charge in [-0.15, -0.1) is 0 Å². The van der Waals surface area contributed by atoms with Gasteiger partial charge in [-0.05, 0) is 38.2 Å². The molecule has 21 heavy (non-hydrogen) atoms. The minimum absolute atomic E-state index is 0.0656. The summed E-state index contributed by atoms with van der Waals surface area (Å²) in [5.41, 5.74) is 0. The van der Waals surface area contributed by atoms with Gasteiger partial charge in [-0.1, -0.05) is 0 Å². The molecular formula is C13H26F3N3OS. The van der Waals surface area contributed by atoms with Gasteiger partial charge in [0.1, 0.15) is 6.61 Å². The van der Waals surface area contributed by atoms with Gasteiger partial charge in [0.25, 0.3) is 0 Å². The zero-order valence-electron chi connectivity index (χ0n) is 12.8. The summed E-state index contributed by atoms with van der Waals surface area (Å²) in [5, 5.41) is 6.31. The Morgan fingerprint density at radius 2 is 1.95 bits per heavy atom. The Bertz CT molecular complexity index is 276. The highest BCUT2D eigenvalue weighted by Crippen LogP contribution is 2.14. The number of halogens is 3. The summed E-state index contributed by atoms with van der Waals surface area (Å²) in [6.45, 7) is 2.88. The normalized spacial score (nSPS) is 12.5. The molecule has 0 aliphatic carbocycles. The van der Waals surface area contributed by atoms with E-state index in [1.54, 1.807) is 0 Å². The number of unbranched alkanes of at least 4 members (excludes halogenated alkanes) is 1.